The van der Waals surface area contributed by atoms with Crippen LogP contribution in [0.3, 0.4) is 0 Å². The Bertz CT molecular complexity index is 642. The molecule has 1 aliphatic rings. The molecule has 0 bridgehead atoms. The quantitative estimate of drug-likeness (QED) is 0.817. The second kappa shape index (κ2) is 4.35. The van der Waals surface area contributed by atoms with Crippen LogP contribution >= 0.6 is 0 Å². The van der Waals surface area contributed by atoms with Gasteiger partial charge in [0.15, 0.2) is 0 Å². The predicted molar refractivity (Wildman–Crippen MR) is 73.2 cm³/mol. The second-order valence-corrected chi connectivity index (χ2v) is 4.67. The van der Waals surface area contributed by atoms with Crippen molar-refractivity contribution in [3.8, 4) is 17.2 Å². The first-order chi connectivity index (χ1) is 9.15. The number of aromatic hydroxyl groups is 2. The van der Waals surface area contributed by atoms with Gasteiger partial charge in [-0.3, -0.25) is 0 Å². The number of benzene rings is 2. The van der Waals surface area contributed by atoms with Crippen molar-refractivity contribution in [2.45, 2.75) is 13.0 Å². The highest BCUT2D eigenvalue weighted by molar-refractivity contribution is 5.68. The molecule has 0 spiro atoms. The first-order valence-electron chi connectivity index (χ1n) is 6.11. The van der Waals surface area contributed by atoms with Gasteiger partial charge >= 0.3 is 0 Å². The molecule has 1 heterocycles. The van der Waals surface area contributed by atoms with Crippen LogP contribution < -0.4 is 4.74 Å². The molecule has 1 unspecified atom stereocenters. The van der Waals surface area contributed by atoms with Gasteiger partial charge in [0.05, 0.1) is 5.56 Å². The lowest BCUT2D eigenvalue weighted by Crippen LogP contribution is -2.13. The van der Waals surface area contributed by atoms with Crippen LogP contribution in [0, 0.1) is 0 Å². The molecule has 3 nitrogen and oxygen atoms in total. The van der Waals surface area contributed by atoms with Crippen molar-refractivity contribution in [2.24, 2.45) is 0 Å². The van der Waals surface area contributed by atoms with Crippen LogP contribution in [0.15, 0.2) is 48.0 Å². The molecule has 19 heavy (non-hydrogen) atoms. The van der Waals surface area contributed by atoms with Crippen LogP contribution in [-0.2, 0) is 0 Å². The highest BCUT2D eigenvalue weighted by Gasteiger charge is 2.23. The molecule has 0 aromatic heterocycles. The largest absolute Gasteiger partial charge is 0.508 e. The van der Waals surface area contributed by atoms with Gasteiger partial charge < -0.3 is 14.9 Å². The molecule has 1 aliphatic heterocycles. The number of phenols is 2. The lowest BCUT2D eigenvalue weighted by atomic mass is 9.97. The third-order valence-electron chi connectivity index (χ3n) is 3.27. The minimum absolute atomic E-state index is 0.185. The fraction of sp³-hybridized carbons (Fsp3) is 0.125. The van der Waals surface area contributed by atoms with E-state index in [9.17, 15) is 10.2 Å². The molecular formula is C16H14O3. The molecule has 0 aliphatic carbocycles. The summed E-state index contributed by atoms with van der Waals surface area (Å²) in [5, 5.41) is 19.1. The summed E-state index contributed by atoms with van der Waals surface area (Å²) in [5.74, 6) is 1.13. The van der Waals surface area contributed by atoms with Crippen molar-refractivity contribution in [2.75, 3.05) is 0 Å². The third-order valence-corrected chi connectivity index (χ3v) is 3.27. The molecular weight excluding hydrogens is 240 g/mol. The summed E-state index contributed by atoms with van der Waals surface area (Å²) in [5.41, 5.74) is 2.70. The van der Waals surface area contributed by atoms with Gasteiger partial charge in [0.2, 0.25) is 0 Å². The maximum atomic E-state index is 9.81. The average molecular weight is 254 g/mol. The molecule has 0 saturated carbocycles. The van der Waals surface area contributed by atoms with Gasteiger partial charge in [-0.05, 0) is 48.4 Å². The van der Waals surface area contributed by atoms with E-state index < -0.39 is 0 Å². The molecule has 2 aromatic rings. The smallest absolute Gasteiger partial charge is 0.145 e. The van der Waals surface area contributed by atoms with Crippen molar-refractivity contribution < 1.29 is 14.9 Å². The van der Waals surface area contributed by atoms with Gasteiger partial charge in [0, 0.05) is 0 Å². The SMILES string of the molecule is CC1=Cc2c(O)cccc2OC1c1ccc(O)cc1. The number of ether oxygens (including phenoxy) is 1. The minimum Gasteiger partial charge on any atom is -0.508 e. The standard InChI is InChI=1S/C16H14O3/c1-10-9-13-14(18)3-2-4-15(13)19-16(10)11-5-7-12(17)8-6-11/h2-9,16-18H,1H3. The van der Waals surface area contributed by atoms with Crippen LogP contribution in [-0.4, -0.2) is 10.2 Å². The van der Waals surface area contributed by atoms with Crippen LogP contribution in [0.2, 0.25) is 0 Å². The predicted octanol–water partition coefficient (Wildman–Crippen LogP) is 3.63. The maximum absolute atomic E-state index is 9.81. The monoisotopic (exact) mass is 254 g/mol. The normalized spacial score (nSPS) is 17.3. The van der Waals surface area contributed by atoms with Crippen molar-refractivity contribution >= 4 is 6.08 Å². The van der Waals surface area contributed by atoms with E-state index in [4.69, 9.17) is 4.74 Å². The van der Waals surface area contributed by atoms with E-state index in [1.165, 1.54) is 0 Å². The second-order valence-electron chi connectivity index (χ2n) is 4.67. The Morgan fingerprint density at radius 2 is 1.74 bits per heavy atom. The summed E-state index contributed by atoms with van der Waals surface area (Å²) in [6.45, 7) is 1.97. The van der Waals surface area contributed by atoms with E-state index in [0.29, 0.717) is 5.75 Å². The molecule has 96 valence electrons. The number of rotatable bonds is 1. The highest BCUT2D eigenvalue weighted by atomic mass is 16.5. The highest BCUT2D eigenvalue weighted by Crippen LogP contribution is 2.40. The van der Waals surface area contributed by atoms with Crippen LogP contribution in [0.25, 0.3) is 6.08 Å². The lowest BCUT2D eigenvalue weighted by Gasteiger charge is -2.26. The van der Waals surface area contributed by atoms with E-state index in [-0.39, 0.29) is 17.6 Å². The van der Waals surface area contributed by atoms with Crippen molar-refractivity contribution in [3.05, 3.63) is 59.2 Å². The van der Waals surface area contributed by atoms with Crippen LogP contribution in [0.4, 0.5) is 0 Å². The first-order valence-corrected chi connectivity index (χ1v) is 6.11. The molecule has 3 heteroatoms. The lowest BCUT2D eigenvalue weighted by molar-refractivity contribution is 0.237. The Morgan fingerprint density at radius 3 is 2.47 bits per heavy atom. The van der Waals surface area contributed by atoms with E-state index >= 15 is 0 Å². The fourth-order valence-corrected chi connectivity index (χ4v) is 2.28. The van der Waals surface area contributed by atoms with E-state index in [1.54, 1.807) is 24.3 Å². The number of phenolic OH excluding ortho intramolecular Hbond substituents is 2. The van der Waals surface area contributed by atoms with E-state index in [0.717, 1.165) is 16.7 Å². The summed E-state index contributed by atoms with van der Waals surface area (Å²) in [6, 6.07) is 12.2. The number of hydrogen-bond donors (Lipinski definition) is 2. The molecule has 0 saturated heterocycles. The number of hydrogen-bond acceptors (Lipinski definition) is 3. The maximum Gasteiger partial charge on any atom is 0.145 e. The zero-order chi connectivity index (χ0) is 13.4. The zero-order valence-electron chi connectivity index (χ0n) is 10.5. The Morgan fingerprint density at radius 1 is 1.00 bits per heavy atom. The van der Waals surface area contributed by atoms with Gasteiger partial charge in [0.25, 0.3) is 0 Å². The van der Waals surface area contributed by atoms with Gasteiger partial charge in [-0.2, -0.15) is 0 Å². The third kappa shape index (κ3) is 2.03. The van der Waals surface area contributed by atoms with Crippen LogP contribution in [0.5, 0.6) is 17.2 Å². The molecule has 3 rings (SSSR count). The summed E-state index contributed by atoms with van der Waals surface area (Å²) in [6.07, 6.45) is 1.75. The summed E-state index contributed by atoms with van der Waals surface area (Å²) in [7, 11) is 0. The van der Waals surface area contributed by atoms with Gasteiger partial charge in [-0.15, -0.1) is 0 Å². The zero-order valence-corrected chi connectivity index (χ0v) is 10.5. The molecule has 2 aromatic carbocycles. The fourth-order valence-electron chi connectivity index (χ4n) is 2.28. The van der Waals surface area contributed by atoms with Gasteiger partial charge in [0.1, 0.15) is 23.4 Å². The van der Waals surface area contributed by atoms with Crippen molar-refractivity contribution in [1.82, 2.24) is 0 Å². The first kappa shape index (κ1) is 11.7. The Labute approximate surface area is 111 Å². The molecule has 2 N–H and O–H groups in total. The Hall–Kier alpha value is -2.42. The van der Waals surface area contributed by atoms with Gasteiger partial charge in [-0.1, -0.05) is 18.2 Å². The summed E-state index contributed by atoms with van der Waals surface area (Å²) < 4.78 is 5.94. The molecule has 0 fully saturated rings. The molecule has 0 amide bonds. The van der Waals surface area contributed by atoms with Gasteiger partial charge in [-0.25, -0.2) is 0 Å². The average Bonchev–Trinajstić information content (AvgIpc) is 2.40. The molecule has 1 atom stereocenters. The Balaban J connectivity index is 2.02. The van der Waals surface area contributed by atoms with Crippen LogP contribution in [0.1, 0.15) is 24.2 Å². The van der Waals surface area contributed by atoms with E-state index in [1.807, 2.05) is 31.2 Å². The minimum atomic E-state index is -0.185. The Kier molecular flexibility index (Phi) is 2.67. The topological polar surface area (TPSA) is 49.7 Å². The number of fused-ring (bicyclic) bond motifs is 1. The summed E-state index contributed by atoms with van der Waals surface area (Å²) in [4.78, 5) is 0. The van der Waals surface area contributed by atoms with Crippen molar-refractivity contribution in [1.29, 1.82) is 0 Å². The summed E-state index contributed by atoms with van der Waals surface area (Å²) >= 11 is 0. The van der Waals surface area contributed by atoms with E-state index in [2.05, 4.69) is 0 Å². The van der Waals surface area contributed by atoms with Crippen molar-refractivity contribution in [3.63, 3.8) is 0 Å². The molecule has 0 radical (unpaired) electrons.